The monoisotopic (exact) mass is 391 g/mol. The average Bonchev–Trinajstić information content (AvgIpc) is 3.41. The maximum absolute atomic E-state index is 14.5. The van der Waals surface area contributed by atoms with Gasteiger partial charge in [-0.1, -0.05) is 30.3 Å². The molecule has 1 N–H and O–H groups in total. The summed E-state index contributed by atoms with van der Waals surface area (Å²) in [5, 5.41) is 2.92. The lowest BCUT2D eigenvalue weighted by Gasteiger charge is -2.36. The number of carbonyl (C=O) groups excluding carboxylic acids is 3. The zero-order chi connectivity index (χ0) is 19.9. The molecule has 2 aromatic carbocycles. The lowest BCUT2D eigenvalue weighted by atomic mass is 9.75. The van der Waals surface area contributed by atoms with Gasteiger partial charge in [-0.25, -0.2) is 9.29 Å². The predicted molar refractivity (Wildman–Crippen MR) is 102 cm³/mol. The Kier molecular flexibility index (Phi) is 3.20. The van der Waals surface area contributed by atoms with Gasteiger partial charge in [0.1, 0.15) is 11.4 Å². The number of hydrogen-bond donors (Lipinski definition) is 1. The second-order valence-electron chi connectivity index (χ2n) is 8.14. The molecule has 4 aliphatic rings. The fourth-order valence-corrected chi connectivity index (χ4v) is 6.03. The van der Waals surface area contributed by atoms with Crippen molar-refractivity contribution in [3.8, 4) is 0 Å². The largest absolute Gasteiger partial charge is 0.324 e. The van der Waals surface area contributed by atoms with Gasteiger partial charge in [0.15, 0.2) is 0 Å². The van der Waals surface area contributed by atoms with Crippen LogP contribution in [0.1, 0.15) is 18.4 Å². The topological polar surface area (TPSA) is 69.7 Å². The number of anilines is 2. The van der Waals surface area contributed by atoms with E-state index in [1.165, 1.54) is 18.2 Å². The molecule has 4 aliphatic heterocycles. The number of carbonyl (C=O) groups is 3. The van der Waals surface area contributed by atoms with Gasteiger partial charge in [-0.05, 0) is 37.6 Å². The number of imide groups is 1. The second kappa shape index (κ2) is 5.51. The fourth-order valence-electron chi connectivity index (χ4n) is 6.03. The van der Waals surface area contributed by atoms with Crippen molar-refractivity contribution >= 4 is 29.1 Å². The van der Waals surface area contributed by atoms with Crippen LogP contribution in [-0.4, -0.2) is 35.2 Å². The summed E-state index contributed by atoms with van der Waals surface area (Å²) < 4.78 is 14.5. The van der Waals surface area contributed by atoms with E-state index in [9.17, 15) is 18.8 Å². The van der Waals surface area contributed by atoms with E-state index in [0.717, 1.165) is 23.3 Å². The molecular weight excluding hydrogens is 373 g/mol. The molecule has 1 spiro atoms. The SMILES string of the molecule is O=C1[C@H]2[C@@H](C(=O)N1c1ccccc1F)[C@]1(C(=O)Nc3ccccc31)N1CCC[C@@H]21. The molecule has 7 heteroatoms. The summed E-state index contributed by atoms with van der Waals surface area (Å²) >= 11 is 0. The van der Waals surface area contributed by atoms with Crippen molar-refractivity contribution < 1.29 is 18.8 Å². The van der Waals surface area contributed by atoms with Crippen LogP contribution in [0.3, 0.4) is 0 Å². The van der Waals surface area contributed by atoms with Crippen molar-refractivity contribution in [2.24, 2.45) is 11.8 Å². The molecule has 4 atom stereocenters. The van der Waals surface area contributed by atoms with Crippen molar-refractivity contribution in [2.75, 3.05) is 16.8 Å². The standard InChI is InChI=1S/C22H18FN3O3/c23-13-7-2-4-9-15(13)26-19(27)17-16-10-5-11-25(16)22(18(17)20(26)28)12-6-1-3-8-14(12)24-21(22)29/h1-4,6-9,16-18H,5,10-11H2,(H,24,29)/t16-,17+,18-,22+/m0/s1. The van der Waals surface area contributed by atoms with Crippen LogP contribution in [0.15, 0.2) is 48.5 Å². The smallest absolute Gasteiger partial charge is 0.250 e. The van der Waals surface area contributed by atoms with Crippen LogP contribution in [0.2, 0.25) is 0 Å². The first-order valence-electron chi connectivity index (χ1n) is 9.87. The van der Waals surface area contributed by atoms with Crippen LogP contribution in [0, 0.1) is 17.7 Å². The Morgan fingerprint density at radius 3 is 2.59 bits per heavy atom. The lowest BCUT2D eigenvalue weighted by molar-refractivity contribution is -0.135. The Morgan fingerprint density at radius 1 is 1.00 bits per heavy atom. The highest BCUT2D eigenvalue weighted by Crippen LogP contribution is 2.60. The van der Waals surface area contributed by atoms with Gasteiger partial charge in [0.25, 0.3) is 0 Å². The summed E-state index contributed by atoms with van der Waals surface area (Å²) in [7, 11) is 0. The molecule has 0 saturated carbocycles. The van der Waals surface area contributed by atoms with Gasteiger partial charge in [-0.2, -0.15) is 0 Å². The highest BCUT2D eigenvalue weighted by molar-refractivity contribution is 6.25. The number of fused-ring (bicyclic) bond motifs is 7. The van der Waals surface area contributed by atoms with Gasteiger partial charge >= 0.3 is 0 Å². The van der Waals surface area contributed by atoms with Gasteiger partial charge in [-0.15, -0.1) is 0 Å². The Labute approximate surface area is 166 Å². The first-order valence-corrected chi connectivity index (χ1v) is 9.87. The van der Waals surface area contributed by atoms with Crippen LogP contribution in [0.5, 0.6) is 0 Å². The lowest BCUT2D eigenvalue weighted by Crippen LogP contribution is -2.54. The molecule has 4 heterocycles. The Hall–Kier alpha value is -3.06. The molecule has 6 nitrogen and oxygen atoms in total. The summed E-state index contributed by atoms with van der Waals surface area (Å²) in [6.45, 7) is 0.652. The van der Waals surface area contributed by atoms with E-state index in [-0.39, 0.29) is 17.6 Å². The van der Waals surface area contributed by atoms with E-state index in [2.05, 4.69) is 10.2 Å². The molecule has 3 fully saturated rings. The first-order chi connectivity index (χ1) is 14.1. The molecule has 3 amide bonds. The fraction of sp³-hybridized carbons (Fsp3) is 0.318. The number of benzene rings is 2. The molecule has 0 aliphatic carbocycles. The molecular formula is C22H18FN3O3. The number of para-hydroxylation sites is 2. The molecule has 0 radical (unpaired) electrons. The van der Waals surface area contributed by atoms with E-state index in [4.69, 9.17) is 0 Å². The number of hydrogen-bond acceptors (Lipinski definition) is 4. The Balaban J connectivity index is 1.58. The summed E-state index contributed by atoms with van der Waals surface area (Å²) in [5.41, 5.74) is 0.160. The van der Waals surface area contributed by atoms with E-state index < -0.39 is 35.0 Å². The van der Waals surface area contributed by atoms with Gasteiger partial charge in [-0.3, -0.25) is 19.3 Å². The maximum Gasteiger partial charge on any atom is 0.250 e. The third-order valence-corrected chi connectivity index (χ3v) is 6.99. The first kappa shape index (κ1) is 16.9. The van der Waals surface area contributed by atoms with Crippen LogP contribution >= 0.6 is 0 Å². The Bertz CT molecular complexity index is 1100. The van der Waals surface area contributed by atoms with Crippen LogP contribution in [0.25, 0.3) is 0 Å². The van der Waals surface area contributed by atoms with E-state index in [1.54, 1.807) is 6.07 Å². The minimum atomic E-state index is -1.21. The van der Waals surface area contributed by atoms with Crippen molar-refractivity contribution in [1.29, 1.82) is 0 Å². The van der Waals surface area contributed by atoms with Crippen LogP contribution < -0.4 is 10.2 Å². The maximum atomic E-state index is 14.5. The van der Waals surface area contributed by atoms with Gasteiger partial charge in [0.05, 0.1) is 17.5 Å². The number of rotatable bonds is 1. The van der Waals surface area contributed by atoms with Crippen LogP contribution in [0.4, 0.5) is 15.8 Å². The van der Waals surface area contributed by atoms with Gasteiger partial charge in [0.2, 0.25) is 17.7 Å². The molecule has 3 saturated heterocycles. The third kappa shape index (κ3) is 1.82. The molecule has 146 valence electrons. The summed E-state index contributed by atoms with van der Waals surface area (Å²) in [6.07, 6.45) is 1.59. The quantitative estimate of drug-likeness (QED) is 0.757. The normalized spacial score (nSPS) is 32.7. The third-order valence-electron chi connectivity index (χ3n) is 6.99. The summed E-state index contributed by atoms with van der Waals surface area (Å²) in [6, 6.07) is 12.9. The van der Waals surface area contributed by atoms with Crippen molar-refractivity contribution in [3.63, 3.8) is 0 Å². The molecule has 29 heavy (non-hydrogen) atoms. The zero-order valence-electron chi connectivity index (χ0n) is 15.5. The minimum absolute atomic E-state index is 0.0386. The predicted octanol–water partition coefficient (Wildman–Crippen LogP) is 2.26. The summed E-state index contributed by atoms with van der Waals surface area (Å²) in [5.74, 6) is -3.30. The number of nitrogens with one attached hydrogen (secondary N) is 1. The second-order valence-corrected chi connectivity index (χ2v) is 8.14. The van der Waals surface area contributed by atoms with E-state index in [1.807, 2.05) is 24.3 Å². The van der Waals surface area contributed by atoms with Gasteiger partial charge in [0, 0.05) is 17.3 Å². The van der Waals surface area contributed by atoms with Gasteiger partial charge < -0.3 is 5.32 Å². The summed E-state index contributed by atoms with van der Waals surface area (Å²) in [4.78, 5) is 43.5. The number of halogens is 1. The zero-order valence-corrected chi connectivity index (χ0v) is 15.5. The number of nitrogens with zero attached hydrogens (tertiary/aromatic N) is 2. The highest BCUT2D eigenvalue weighted by Gasteiger charge is 2.74. The van der Waals surface area contributed by atoms with E-state index >= 15 is 0 Å². The molecule has 6 rings (SSSR count). The van der Waals surface area contributed by atoms with E-state index in [0.29, 0.717) is 12.2 Å². The average molecular weight is 391 g/mol. The van der Waals surface area contributed by atoms with Crippen molar-refractivity contribution in [2.45, 2.75) is 24.4 Å². The molecule has 2 aromatic rings. The minimum Gasteiger partial charge on any atom is -0.324 e. The highest BCUT2D eigenvalue weighted by atomic mass is 19.1. The molecule has 0 aromatic heterocycles. The number of amides is 3. The Morgan fingerprint density at radius 2 is 1.76 bits per heavy atom. The van der Waals surface area contributed by atoms with Crippen LogP contribution in [-0.2, 0) is 19.9 Å². The molecule has 0 bridgehead atoms. The van der Waals surface area contributed by atoms with Crippen molar-refractivity contribution in [3.05, 3.63) is 59.9 Å². The molecule has 0 unspecified atom stereocenters. The van der Waals surface area contributed by atoms with Crippen molar-refractivity contribution in [1.82, 2.24) is 4.90 Å².